The monoisotopic (exact) mass is 381 g/mol. The molecule has 1 N–H and O–H groups in total. The van der Waals surface area contributed by atoms with Gasteiger partial charge in [0.25, 0.3) is 5.91 Å². The number of amides is 1. The van der Waals surface area contributed by atoms with Gasteiger partial charge in [-0.25, -0.2) is 4.79 Å². The predicted molar refractivity (Wildman–Crippen MR) is 96.2 cm³/mol. The molecule has 0 fully saturated rings. The Morgan fingerprint density at radius 3 is 2.56 bits per heavy atom. The van der Waals surface area contributed by atoms with Crippen molar-refractivity contribution >= 4 is 35.1 Å². The average molecular weight is 382 g/mol. The summed E-state index contributed by atoms with van der Waals surface area (Å²) in [5.74, 6) is -0.813. The summed E-state index contributed by atoms with van der Waals surface area (Å²) in [5.41, 5.74) is 0.924. The lowest BCUT2D eigenvalue weighted by Gasteiger charge is -2.15. The van der Waals surface area contributed by atoms with Crippen molar-refractivity contribution in [1.82, 2.24) is 5.32 Å². The van der Waals surface area contributed by atoms with Crippen LogP contribution in [0.15, 0.2) is 42.5 Å². The number of rotatable bonds is 6. The molecule has 132 valence electrons. The summed E-state index contributed by atoms with van der Waals surface area (Å²) in [6.45, 7) is 1.72. The van der Waals surface area contributed by atoms with E-state index in [0.717, 1.165) is 5.56 Å². The molecule has 0 saturated heterocycles. The molecule has 2 aromatic carbocycles. The van der Waals surface area contributed by atoms with Crippen LogP contribution < -0.4 is 10.1 Å². The minimum absolute atomic E-state index is 0.153. The Labute approximate surface area is 155 Å². The van der Waals surface area contributed by atoms with Crippen LogP contribution in [-0.4, -0.2) is 25.1 Å². The maximum absolute atomic E-state index is 12.3. The number of carbonyl (C=O) groups excluding carboxylic acids is 2. The second kappa shape index (κ2) is 8.74. The fourth-order valence-electron chi connectivity index (χ4n) is 2.09. The van der Waals surface area contributed by atoms with Gasteiger partial charge < -0.3 is 14.8 Å². The highest BCUT2D eigenvalue weighted by molar-refractivity contribution is 6.31. The first-order valence-corrected chi connectivity index (χ1v) is 8.23. The standard InChI is InChI=1S/C18H17Cl2NO4/c1-11(17(22)21-10-12-5-3-4-6-15(12)20)25-18(23)14-9-13(19)7-8-16(14)24-2/h3-9,11H,10H2,1-2H3,(H,21,22)/t11-/m0/s1. The Kier molecular flexibility index (Phi) is 6.67. The van der Waals surface area contributed by atoms with E-state index in [9.17, 15) is 9.59 Å². The van der Waals surface area contributed by atoms with Crippen LogP contribution in [0.5, 0.6) is 5.75 Å². The quantitative estimate of drug-likeness (QED) is 0.771. The largest absolute Gasteiger partial charge is 0.496 e. The van der Waals surface area contributed by atoms with Crippen molar-refractivity contribution in [3.8, 4) is 5.75 Å². The first kappa shape index (κ1) is 19.1. The second-order valence-corrected chi connectivity index (χ2v) is 6.04. The van der Waals surface area contributed by atoms with Crippen LogP contribution >= 0.6 is 23.2 Å². The third-order valence-electron chi connectivity index (χ3n) is 3.45. The van der Waals surface area contributed by atoms with Crippen LogP contribution in [0.4, 0.5) is 0 Å². The molecule has 0 radical (unpaired) electrons. The maximum Gasteiger partial charge on any atom is 0.342 e. The zero-order chi connectivity index (χ0) is 18.4. The van der Waals surface area contributed by atoms with E-state index in [4.69, 9.17) is 32.7 Å². The molecule has 0 aliphatic heterocycles. The summed E-state index contributed by atoms with van der Waals surface area (Å²) in [4.78, 5) is 24.4. The highest BCUT2D eigenvalue weighted by Gasteiger charge is 2.21. The lowest BCUT2D eigenvalue weighted by atomic mass is 10.2. The molecule has 0 spiro atoms. The molecule has 0 aliphatic rings. The fraction of sp³-hybridized carbons (Fsp3) is 0.222. The summed E-state index contributed by atoms with van der Waals surface area (Å²) >= 11 is 11.9. The minimum Gasteiger partial charge on any atom is -0.496 e. The smallest absolute Gasteiger partial charge is 0.342 e. The molecule has 2 aromatic rings. The first-order valence-electron chi connectivity index (χ1n) is 7.48. The second-order valence-electron chi connectivity index (χ2n) is 5.20. The van der Waals surface area contributed by atoms with Crippen molar-refractivity contribution in [2.75, 3.05) is 7.11 Å². The van der Waals surface area contributed by atoms with E-state index in [2.05, 4.69) is 5.32 Å². The van der Waals surface area contributed by atoms with E-state index < -0.39 is 18.0 Å². The minimum atomic E-state index is -0.987. The van der Waals surface area contributed by atoms with Gasteiger partial charge in [0.15, 0.2) is 6.10 Å². The van der Waals surface area contributed by atoms with Crippen LogP contribution in [0, 0.1) is 0 Å². The van der Waals surface area contributed by atoms with Gasteiger partial charge in [-0.2, -0.15) is 0 Å². The molecule has 0 heterocycles. The summed E-state index contributed by atoms with van der Waals surface area (Å²) in [5, 5.41) is 3.59. The van der Waals surface area contributed by atoms with Gasteiger partial charge in [-0.3, -0.25) is 4.79 Å². The molecule has 0 aliphatic carbocycles. The maximum atomic E-state index is 12.3. The van der Waals surface area contributed by atoms with Gasteiger partial charge in [0.05, 0.1) is 7.11 Å². The highest BCUT2D eigenvalue weighted by Crippen LogP contribution is 2.23. The summed E-state index contributed by atoms with van der Waals surface area (Å²) < 4.78 is 10.3. The van der Waals surface area contributed by atoms with Gasteiger partial charge in [0, 0.05) is 16.6 Å². The van der Waals surface area contributed by atoms with Crippen LogP contribution in [0.1, 0.15) is 22.8 Å². The number of halogens is 2. The Morgan fingerprint density at radius 2 is 1.88 bits per heavy atom. The number of methoxy groups -OCH3 is 1. The van der Waals surface area contributed by atoms with E-state index >= 15 is 0 Å². The summed E-state index contributed by atoms with van der Waals surface area (Å²) in [7, 11) is 1.43. The fourth-order valence-corrected chi connectivity index (χ4v) is 2.46. The van der Waals surface area contributed by atoms with E-state index in [0.29, 0.717) is 15.8 Å². The van der Waals surface area contributed by atoms with Gasteiger partial charge in [-0.15, -0.1) is 0 Å². The van der Waals surface area contributed by atoms with E-state index in [1.165, 1.54) is 20.1 Å². The molecule has 0 bridgehead atoms. The number of ether oxygens (including phenoxy) is 2. The number of benzene rings is 2. The van der Waals surface area contributed by atoms with Crippen molar-refractivity contribution in [3.05, 3.63) is 63.6 Å². The zero-order valence-corrected chi connectivity index (χ0v) is 15.2. The van der Waals surface area contributed by atoms with Crippen LogP contribution in [-0.2, 0) is 16.1 Å². The third kappa shape index (κ3) is 5.11. The van der Waals surface area contributed by atoms with Crippen LogP contribution in [0.2, 0.25) is 10.0 Å². The lowest BCUT2D eigenvalue weighted by Crippen LogP contribution is -2.35. The van der Waals surface area contributed by atoms with Crippen molar-refractivity contribution in [2.45, 2.75) is 19.6 Å². The van der Waals surface area contributed by atoms with Gasteiger partial charge in [0.1, 0.15) is 11.3 Å². The normalized spacial score (nSPS) is 11.5. The predicted octanol–water partition coefficient (Wildman–Crippen LogP) is 3.86. The Bertz CT molecular complexity index is 779. The van der Waals surface area contributed by atoms with Crippen molar-refractivity contribution in [3.63, 3.8) is 0 Å². The van der Waals surface area contributed by atoms with Gasteiger partial charge >= 0.3 is 5.97 Å². The van der Waals surface area contributed by atoms with Crippen molar-refractivity contribution in [2.24, 2.45) is 0 Å². The number of hydrogen-bond acceptors (Lipinski definition) is 4. The number of esters is 1. The number of hydrogen-bond donors (Lipinski definition) is 1. The van der Waals surface area contributed by atoms with Gasteiger partial charge in [0.2, 0.25) is 0 Å². The molecule has 1 amide bonds. The van der Waals surface area contributed by atoms with Gasteiger partial charge in [-0.05, 0) is 36.8 Å². The Hall–Kier alpha value is -2.24. The average Bonchev–Trinajstić information content (AvgIpc) is 2.60. The van der Waals surface area contributed by atoms with E-state index in [1.54, 1.807) is 30.3 Å². The third-order valence-corrected chi connectivity index (χ3v) is 4.05. The molecule has 2 rings (SSSR count). The topological polar surface area (TPSA) is 64.6 Å². The molecular weight excluding hydrogens is 365 g/mol. The molecule has 7 heteroatoms. The SMILES string of the molecule is COc1ccc(Cl)cc1C(=O)O[C@@H](C)C(=O)NCc1ccccc1Cl. The molecule has 0 saturated carbocycles. The molecular formula is C18H17Cl2NO4. The highest BCUT2D eigenvalue weighted by atomic mass is 35.5. The Morgan fingerprint density at radius 1 is 1.16 bits per heavy atom. The van der Waals surface area contributed by atoms with E-state index in [-0.39, 0.29) is 12.1 Å². The number of carbonyl (C=O) groups is 2. The van der Waals surface area contributed by atoms with Crippen molar-refractivity contribution < 1.29 is 19.1 Å². The molecule has 1 atom stereocenters. The summed E-state index contributed by atoms with van der Waals surface area (Å²) in [6, 6.07) is 11.7. The first-order chi connectivity index (χ1) is 11.9. The van der Waals surface area contributed by atoms with Crippen LogP contribution in [0.3, 0.4) is 0 Å². The number of nitrogens with one attached hydrogen (secondary N) is 1. The Balaban J connectivity index is 1.98. The molecule has 25 heavy (non-hydrogen) atoms. The molecule has 0 aromatic heterocycles. The molecule has 0 unspecified atom stereocenters. The zero-order valence-electron chi connectivity index (χ0n) is 13.7. The lowest BCUT2D eigenvalue weighted by molar-refractivity contribution is -0.129. The van der Waals surface area contributed by atoms with Crippen molar-refractivity contribution in [1.29, 1.82) is 0 Å². The van der Waals surface area contributed by atoms with Crippen LogP contribution in [0.25, 0.3) is 0 Å². The van der Waals surface area contributed by atoms with E-state index in [1.807, 2.05) is 6.07 Å². The summed E-state index contributed by atoms with van der Waals surface area (Å²) in [6.07, 6.45) is -0.987. The van der Waals surface area contributed by atoms with Gasteiger partial charge in [-0.1, -0.05) is 41.4 Å². The molecule has 5 nitrogen and oxygen atoms in total.